The lowest BCUT2D eigenvalue weighted by Crippen LogP contribution is -2.22. The molecule has 0 amide bonds. The molecule has 0 N–H and O–H groups in total. The molecule has 4 heterocycles. The summed E-state index contributed by atoms with van der Waals surface area (Å²) in [6.07, 6.45) is 8.52. The number of hydrogen-bond donors (Lipinski definition) is 0. The standard InChI is InChI=1S/C20H26N6O/c1-14-17-19(25(2)12-4-6-16-7-5-13-27-16)22-18(15-8-10-21-11-9-15)23-20(17)26(3)24-14/h8-11,16H,4-7,12-13H2,1-3H3/t16-/m1/s1. The Balaban J connectivity index is 1.65. The van der Waals surface area contributed by atoms with Crippen molar-refractivity contribution >= 4 is 16.9 Å². The fourth-order valence-electron chi connectivity index (χ4n) is 3.76. The molecule has 0 aliphatic carbocycles. The van der Waals surface area contributed by atoms with E-state index in [4.69, 9.17) is 14.7 Å². The molecule has 7 heteroatoms. The number of anilines is 1. The van der Waals surface area contributed by atoms with Gasteiger partial charge in [0, 0.05) is 45.2 Å². The molecule has 1 aliphatic rings. The molecule has 0 aromatic carbocycles. The Bertz CT molecular complexity index is 917. The predicted molar refractivity (Wildman–Crippen MR) is 106 cm³/mol. The highest BCUT2D eigenvalue weighted by molar-refractivity contribution is 5.91. The van der Waals surface area contributed by atoms with Gasteiger partial charge in [-0.2, -0.15) is 5.10 Å². The van der Waals surface area contributed by atoms with Crippen LogP contribution >= 0.6 is 0 Å². The smallest absolute Gasteiger partial charge is 0.164 e. The Morgan fingerprint density at radius 2 is 2.07 bits per heavy atom. The molecule has 3 aromatic heterocycles. The van der Waals surface area contributed by atoms with Crippen molar-refractivity contribution < 1.29 is 4.74 Å². The average molecular weight is 366 g/mol. The molecule has 1 saturated heterocycles. The van der Waals surface area contributed by atoms with Gasteiger partial charge in [-0.15, -0.1) is 0 Å². The van der Waals surface area contributed by atoms with E-state index < -0.39 is 0 Å². The molecule has 0 spiro atoms. The first-order chi connectivity index (χ1) is 13.1. The first-order valence-corrected chi connectivity index (χ1v) is 9.58. The van der Waals surface area contributed by atoms with Gasteiger partial charge in [-0.3, -0.25) is 9.67 Å². The molecule has 27 heavy (non-hydrogen) atoms. The highest BCUT2D eigenvalue weighted by Gasteiger charge is 2.20. The zero-order valence-corrected chi connectivity index (χ0v) is 16.2. The lowest BCUT2D eigenvalue weighted by molar-refractivity contribution is 0.103. The minimum absolute atomic E-state index is 0.427. The van der Waals surface area contributed by atoms with E-state index in [1.54, 1.807) is 12.4 Å². The van der Waals surface area contributed by atoms with E-state index in [2.05, 4.69) is 22.0 Å². The van der Waals surface area contributed by atoms with E-state index in [1.807, 2.05) is 30.8 Å². The minimum atomic E-state index is 0.427. The van der Waals surface area contributed by atoms with Crippen LogP contribution in [0.5, 0.6) is 0 Å². The summed E-state index contributed by atoms with van der Waals surface area (Å²) in [5.41, 5.74) is 2.77. The molecule has 7 nitrogen and oxygen atoms in total. The van der Waals surface area contributed by atoms with Crippen molar-refractivity contribution in [3.63, 3.8) is 0 Å². The third kappa shape index (κ3) is 3.64. The van der Waals surface area contributed by atoms with Crippen LogP contribution in [-0.2, 0) is 11.8 Å². The summed E-state index contributed by atoms with van der Waals surface area (Å²) in [5.74, 6) is 1.64. The first-order valence-electron chi connectivity index (χ1n) is 9.58. The Hall–Kier alpha value is -2.54. The number of hydrogen-bond acceptors (Lipinski definition) is 6. The van der Waals surface area contributed by atoms with Crippen molar-refractivity contribution in [3.05, 3.63) is 30.2 Å². The molecule has 0 saturated carbocycles. The molecule has 0 bridgehead atoms. The number of pyridine rings is 1. The van der Waals surface area contributed by atoms with Crippen molar-refractivity contribution in [1.82, 2.24) is 24.7 Å². The topological polar surface area (TPSA) is 69.0 Å². The minimum Gasteiger partial charge on any atom is -0.378 e. The Kier molecular flexibility index (Phi) is 5.03. The van der Waals surface area contributed by atoms with E-state index in [9.17, 15) is 0 Å². The van der Waals surface area contributed by atoms with Gasteiger partial charge in [0.1, 0.15) is 5.82 Å². The van der Waals surface area contributed by atoms with Crippen molar-refractivity contribution in [2.24, 2.45) is 7.05 Å². The fourth-order valence-corrected chi connectivity index (χ4v) is 3.76. The number of aromatic nitrogens is 5. The number of ether oxygens (including phenoxy) is 1. The second-order valence-corrected chi connectivity index (χ2v) is 7.21. The van der Waals surface area contributed by atoms with Crippen LogP contribution in [0.3, 0.4) is 0 Å². The summed E-state index contributed by atoms with van der Waals surface area (Å²) in [5, 5.41) is 5.59. The Morgan fingerprint density at radius 3 is 2.81 bits per heavy atom. The van der Waals surface area contributed by atoms with E-state index in [0.29, 0.717) is 11.9 Å². The maximum Gasteiger partial charge on any atom is 0.164 e. The molecule has 1 atom stereocenters. The second kappa shape index (κ2) is 7.60. The van der Waals surface area contributed by atoms with E-state index in [-0.39, 0.29) is 0 Å². The zero-order chi connectivity index (χ0) is 18.8. The van der Waals surface area contributed by atoms with Crippen LogP contribution in [0.25, 0.3) is 22.4 Å². The summed E-state index contributed by atoms with van der Waals surface area (Å²) >= 11 is 0. The quantitative estimate of drug-likeness (QED) is 0.668. The van der Waals surface area contributed by atoms with Crippen LogP contribution in [0.2, 0.25) is 0 Å². The zero-order valence-electron chi connectivity index (χ0n) is 16.2. The molecule has 1 aliphatic heterocycles. The molecule has 4 rings (SSSR count). The monoisotopic (exact) mass is 366 g/mol. The van der Waals surface area contributed by atoms with Crippen LogP contribution in [0, 0.1) is 6.92 Å². The van der Waals surface area contributed by atoms with Gasteiger partial charge in [-0.25, -0.2) is 9.97 Å². The highest BCUT2D eigenvalue weighted by Crippen LogP contribution is 2.29. The van der Waals surface area contributed by atoms with Crippen molar-refractivity contribution in [2.75, 3.05) is 25.1 Å². The van der Waals surface area contributed by atoms with Crippen LogP contribution in [0.1, 0.15) is 31.4 Å². The lowest BCUT2D eigenvalue weighted by atomic mass is 10.1. The normalized spacial score (nSPS) is 16.9. The summed E-state index contributed by atoms with van der Waals surface area (Å²) in [4.78, 5) is 16.0. The molecular formula is C20H26N6O. The SMILES string of the molecule is Cc1nn(C)c2nc(-c3ccncc3)nc(N(C)CCC[C@@H]3CCCO3)c12. The summed E-state index contributed by atoms with van der Waals surface area (Å²) in [7, 11) is 4.03. The van der Waals surface area contributed by atoms with Gasteiger partial charge < -0.3 is 9.64 Å². The predicted octanol–water partition coefficient (Wildman–Crippen LogP) is 3.13. The van der Waals surface area contributed by atoms with Crippen molar-refractivity contribution in [3.8, 4) is 11.4 Å². The summed E-state index contributed by atoms with van der Waals surface area (Å²) in [6.45, 7) is 3.86. The number of aryl methyl sites for hydroxylation is 2. The maximum atomic E-state index is 5.75. The molecule has 142 valence electrons. The van der Waals surface area contributed by atoms with Gasteiger partial charge in [-0.05, 0) is 44.7 Å². The van der Waals surface area contributed by atoms with Crippen LogP contribution in [0.15, 0.2) is 24.5 Å². The van der Waals surface area contributed by atoms with Gasteiger partial charge in [0.2, 0.25) is 0 Å². The largest absolute Gasteiger partial charge is 0.378 e. The van der Waals surface area contributed by atoms with E-state index >= 15 is 0 Å². The molecular weight excluding hydrogens is 340 g/mol. The first kappa shape index (κ1) is 17.9. The third-order valence-electron chi connectivity index (χ3n) is 5.18. The Labute approximate surface area is 159 Å². The second-order valence-electron chi connectivity index (χ2n) is 7.21. The van der Waals surface area contributed by atoms with Crippen LogP contribution in [0.4, 0.5) is 5.82 Å². The van der Waals surface area contributed by atoms with Gasteiger partial charge in [0.05, 0.1) is 17.2 Å². The highest BCUT2D eigenvalue weighted by atomic mass is 16.5. The molecule has 1 fully saturated rings. The maximum absolute atomic E-state index is 5.75. The van der Waals surface area contributed by atoms with Crippen LogP contribution < -0.4 is 4.90 Å². The summed E-state index contributed by atoms with van der Waals surface area (Å²) in [6, 6.07) is 3.87. The number of rotatable bonds is 6. The fraction of sp³-hybridized carbons (Fsp3) is 0.500. The van der Waals surface area contributed by atoms with Crippen LogP contribution in [-0.4, -0.2) is 51.0 Å². The summed E-state index contributed by atoms with van der Waals surface area (Å²) < 4.78 is 7.58. The molecule has 0 unspecified atom stereocenters. The van der Waals surface area contributed by atoms with E-state index in [1.165, 1.54) is 12.8 Å². The van der Waals surface area contributed by atoms with Gasteiger partial charge in [0.25, 0.3) is 0 Å². The Morgan fingerprint density at radius 1 is 1.26 bits per heavy atom. The van der Waals surface area contributed by atoms with Gasteiger partial charge in [-0.1, -0.05) is 0 Å². The number of fused-ring (bicyclic) bond motifs is 1. The third-order valence-corrected chi connectivity index (χ3v) is 5.18. The number of nitrogens with zero attached hydrogens (tertiary/aromatic N) is 6. The average Bonchev–Trinajstić information content (AvgIpc) is 3.30. The molecule has 0 radical (unpaired) electrons. The van der Waals surface area contributed by atoms with Gasteiger partial charge >= 0.3 is 0 Å². The van der Waals surface area contributed by atoms with Gasteiger partial charge in [0.15, 0.2) is 11.5 Å². The van der Waals surface area contributed by atoms with Crippen molar-refractivity contribution in [1.29, 1.82) is 0 Å². The van der Waals surface area contributed by atoms with Crippen molar-refractivity contribution in [2.45, 2.75) is 38.7 Å². The van der Waals surface area contributed by atoms with E-state index in [0.717, 1.165) is 54.1 Å². The molecule has 3 aromatic rings. The lowest BCUT2D eigenvalue weighted by Gasteiger charge is -2.21.